The number of carbonyl (C=O) groups is 3. The minimum Gasteiger partial charge on any atom is -0.495 e. The van der Waals surface area contributed by atoms with Gasteiger partial charge in [0.15, 0.2) is 0 Å². The second kappa shape index (κ2) is 9.63. The van der Waals surface area contributed by atoms with Gasteiger partial charge in [0.25, 0.3) is 5.91 Å². The lowest BCUT2D eigenvalue weighted by Crippen LogP contribution is -2.32. The Balaban J connectivity index is 2.06. The lowest BCUT2D eigenvalue weighted by molar-refractivity contribution is -0.141. The van der Waals surface area contributed by atoms with Crippen LogP contribution in [0.15, 0.2) is 36.4 Å². The number of aliphatic carboxylic acids is 1. The van der Waals surface area contributed by atoms with Gasteiger partial charge in [0, 0.05) is 28.2 Å². The van der Waals surface area contributed by atoms with Gasteiger partial charge in [-0.25, -0.2) is 0 Å². The molecule has 1 amide bonds. The highest BCUT2D eigenvalue weighted by atomic mass is 35.5. The molecule has 3 aromatic rings. The number of carboxylic acids is 1. The van der Waals surface area contributed by atoms with Crippen LogP contribution in [-0.4, -0.2) is 41.1 Å². The van der Waals surface area contributed by atoms with Gasteiger partial charge >= 0.3 is 5.97 Å². The van der Waals surface area contributed by atoms with E-state index in [4.69, 9.17) is 33.0 Å². The molecule has 0 saturated heterocycles. The van der Waals surface area contributed by atoms with Crippen LogP contribution in [0, 0.1) is 12.8 Å². The number of hydrogen-bond donors (Lipinski definition) is 2. The molecule has 3 rings (SSSR count). The van der Waals surface area contributed by atoms with Gasteiger partial charge in [-0.3, -0.25) is 19.0 Å². The van der Waals surface area contributed by atoms with E-state index in [1.54, 1.807) is 43.3 Å². The number of aromatic nitrogens is 1. The first-order chi connectivity index (χ1) is 15.1. The molecule has 0 fully saturated rings. The van der Waals surface area contributed by atoms with Crippen LogP contribution in [0.3, 0.4) is 0 Å². The molecule has 0 bridgehead atoms. The Labute approximate surface area is 194 Å². The zero-order chi connectivity index (χ0) is 23.6. The van der Waals surface area contributed by atoms with Crippen LogP contribution in [-0.2, 0) is 16.0 Å². The number of halogens is 2. The molecule has 0 radical (unpaired) electrons. The van der Waals surface area contributed by atoms with E-state index in [1.165, 1.54) is 18.6 Å². The van der Waals surface area contributed by atoms with Crippen molar-refractivity contribution in [3.8, 4) is 5.75 Å². The number of ether oxygens (including phenoxy) is 1. The lowest BCUT2D eigenvalue weighted by Gasteiger charge is -2.09. The molecular weight excluding hydrogens is 455 g/mol. The molecule has 0 aliphatic heterocycles. The summed E-state index contributed by atoms with van der Waals surface area (Å²) in [6.45, 7) is 3.26. The second-order valence-corrected chi connectivity index (χ2v) is 8.28. The van der Waals surface area contributed by atoms with Crippen molar-refractivity contribution in [3.05, 3.63) is 63.3 Å². The summed E-state index contributed by atoms with van der Waals surface area (Å²) in [6, 6.07) is 9.83. The Bertz CT molecular complexity index is 1200. The van der Waals surface area contributed by atoms with Gasteiger partial charge < -0.3 is 15.2 Å². The van der Waals surface area contributed by atoms with Crippen molar-refractivity contribution in [2.75, 3.05) is 13.7 Å². The van der Waals surface area contributed by atoms with Crippen LogP contribution in [0.4, 0.5) is 0 Å². The Hall–Kier alpha value is -3.03. The molecule has 1 heterocycles. The summed E-state index contributed by atoms with van der Waals surface area (Å²) in [6.07, 6.45) is -0.0413. The van der Waals surface area contributed by atoms with Crippen LogP contribution < -0.4 is 10.1 Å². The number of carbonyl (C=O) groups excluding carboxylic acids is 2. The third-order valence-electron chi connectivity index (χ3n) is 5.27. The van der Waals surface area contributed by atoms with E-state index >= 15 is 0 Å². The first-order valence-corrected chi connectivity index (χ1v) is 10.6. The minimum atomic E-state index is -0.994. The molecule has 2 aromatic carbocycles. The number of nitrogens with zero attached hydrogens (tertiary/aromatic N) is 1. The van der Waals surface area contributed by atoms with Crippen LogP contribution >= 0.6 is 23.2 Å². The smallest absolute Gasteiger partial charge is 0.308 e. The molecule has 9 heteroatoms. The number of amides is 1. The van der Waals surface area contributed by atoms with E-state index in [9.17, 15) is 14.4 Å². The second-order valence-electron chi connectivity index (χ2n) is 7.44. The molecule has 0 aliphatic rings. The Morgan fingerprint density at radius 1 is 1.16 bits per heavy atom. The number of benzene rings is 2. The predicted octanol–water partition coefficient (Wildman–Crippen LogP) is 4.33. The van der Waals surface area contributed by atoms with Gasteiger partial charge in [-0.05, 0) is 48.9 Å². The normalized spacial score (nSPS) is 11.9. The van der Waals surface area contributed by atoms with Gasteiger partial charge in [0.1, 0.15) is 5.75 Å². The predicted molar refractivity (Wildman–Crippen MR) is 123 cm³/mol. The molecule has 1 unspecified atom stereocenters. The highest BCUT2D eigenvalue weighted by Crippen LogP contribution is 2.35. The van der Waals surface area contributed by atoms with Gasteiger partial charge in [-0.15, -0.1) is 0 Å². The standard InChI is InChI=1S/C23H22Cl2N2O5/c1-12(23(30)31)11-26-21(28)9-16-13(2)27(22(29)14-4-6-15(24)7-5-14)19-10-18(25)20(32-3)8-17(16)19/h4-8,10,12H,9,11H2,1-3H3,(H,26,28)(H,30,31). The van der Waals surface area contributed by atoms with Gasteiger partial charge in [-0.1, -0.05) is 30.1 Å². The fraction of sp³-hybridized carbons (Fsp3) is 0.261. The van der Waals surface area contributed by atoms with Crippen molar-refractivity contribution in [2.45, 2.75) is 20.3 Å². The third kappa shape index (κ3) is 4.74. The summed E-state index contributed by atoms with van der Waals surface area (Å²) in [5.74, 6) is -1.95. The highest BCUT2D eigenvalue weighted by Gasteiger charge is 2.23. The zero-order valence-electron chi connectivity index (χ0n) is 17.7. The Kier molecular flexibility index (Phi) is 7.11. The van der Waals surface area contributed by atoms with E-state index in [0.717, 1.165) is 0 Å². The monoisotopic (exact) mass is 476 g/mol. The fourth-order valence-electron chi connectivity index (χ4n) is 3.42. The molecule has 0 spiro atoms. The Morgan fingerprint density at radius 2 is 1.81 bits per heavy atom. The molecule has 168 valence electrons. The number of fused-ring (bicyclic) bond motifs is 1. The maximum absolute atomic E-state index is 13.3. The summed E-state index contributed by atoms with van der Waals surface area (Å²) in [5.41, 5.74) is 2.16. The van der Waals surface area contributed by atoms with Crippen molar-refractivity contribution < 1.29 is 24.2 Å². The molecule has 0 saturated carbocycles. The van der Waals surface area contributed by atoms with E-state index in [0.29, 0.717) is 43.5 Å². The van der Waals surface area contributed by atoms with Crippen molar-refractivity contribution in [3.63, 3.8) is 0 Å². The van der Waals surface area contributed by atoms with E-state index in [1.807, 2.05) is 0 Å². The van der Waals surface area contributed by atoms with E-state index < -0.39 is 11.9 Å². The first kappa shape index (κ1) is 23.6. The average Bonchev–Trinajstić information content (AvgIpc) is 3.01. The molecule has 2 N–H and O–H groups in total. The molecule has 1 aromatic heterocycles. The van der Waals surface area contributed by atoms with Crippen molar-refractivity contribution in [1.29, 1.82) is 0 Å². The maximum Gasteiger partial charge on any atom is 0.308 e. The summed E-state index contributed by atoms with van der Waals surface area (Å²) in [4.78, 5) is 36.9. The van der Waals surface area contributed by atoms with Crippen LogP contribution in [0.2, 0.25) is 10.0 Å². The third-order valence-corrected chi connectivity index (χ3v) is 5.81. The minimum absolute atomic E-state index is 0.00467. The van der Waals surface area contributed by atoms with Gasteiger partial charge in [-0.2, -0.15) is 0 Å². The van der Waals surface area contributed by atoms with E-state index in [2.05, 4.69) is 5.32 Å². The topological polar surface area (TPSA) is 97.6 Å². The number of rotatable bonds is 7. The first-order valence-electron chi connectivity index (χ1n) is 9.81. The number of nitrogens with one attached hydrogen (secondary N) is 1. The number of carboxylic acid groups (broad SMARTS) is 1. The number of hydrogen-bond acceptors (Lipinski definition) is 4. The lowest BCUT2D eigenvalue weighted by atomic mass is 10.1. The molecular formula is C23H22Cl2N2O5. The van der Waals surface area contributed by atoms with Gasteiger partial charge in [0.05, 0.1) is 30.0 Å². The fourth-order valence-corrected chi connectivity index (χ4v) is 3.78. The van der Waals surface area contributed by atoms with Gasteiger partial charge in [0.2, 0.25) is 5.91 Å². The quantitative estimate of drug-likeness (QED) is 0.528. The van der Waals surface area contributed by atoms with Crippen molar-refractivity contribution >= 4 is 51.9 Å². The van der Waals surface area contributed by atoms with Crippen molar-refractivity contribution in [2.24, 2.45) is 5.92 Å². The zero-order valence-corrected chi connectivity index (χ0v) is 19.3. The molecule has 32 heavy (non-hydrogen) atoms. The summed E-state index contributed by atoms with van der Waals surface area (Å²) in [5, 5.41) is 13.1. The largest absolute Gasteiger partial charge is 0.495 e. The summed E-state index contributed by atoms with van der Waals surface area (Å²) < 4.78 is 6.83. The molecule has 1 atom stereocenters. The van der Waals surface area contributed by atoms with Crippen LogP contribution in [0.1, 0.15) is 28.5 Å². The average molecular weight is 477 g/mol. The SMILES string of the molecule is COc1cc2c(CC(=O)NCC(C)C(=O)O)c(C)n(C(=O)c3ccc(Cl)cc3)c2cc1Cl. The highest BCUT2D eigenvalue weighted by molar-refractivity contribution is 6.33. The maximum atomic E-state index is 13.3. The molecule has 7 nitrogen and oxygen atoms in total. The van der Waals surface area contributed by atoms with Crippen molar-refractivity contribution in [1.82, 2.24) is 9.88 Å². The van der Waals surface area contributed by atoms with E-state index in [-0.39, 0.29) is 24.8 Å². The Morgan fingerprint density at radius 3 is 2.41 bits per heavy atom. The summed E-state index contributed by atoms with van der Waals surface area (Å²) >= 11 is 12.3. The van der Waals surface area contributed by atoms with Crippen LogP contribution in [0.5, 0.6) is 5.75 Å². The number of methoxy groups -OCH3 is 1. The van der Waals surface area contributed by atoms with Crippen LogP contribution in [0.25, 0.3) is 10.9 Å². The molecule has 0 aliphatic carbocycles. The summed E-state index contributed by atoms with van der Waals surface area (Å²) in [7, 11) is 1.48.